The molecule has 0 spiro atoms. The van der Waals surface area contributed by atoms with Gasteiger partial charge in [-0.05, 0) is 56.8 Å². The normalized spacial score (nSPS) is 27.4. The van der Waals surface area contributed by atoms with Gasteiger partial charge in [0.25, 0.3) is 5.97 Å². The molecule has 14 atom stereocenters. The summed E-state index contributed by atoms with van der Waals surface area (Å²) in [5.41, 5.74) is 11.5. The van der Waals surface area contributed by atoms with Gasteiger partial charge >= 0.3 is 0 Å². The lowest BCUT2D eigenvalue weighted by molar-refractivity contribution is -0.146. The summed E-state index contributed by atoms with van der Waals surface area (Å²) in [4.78, 5) is 110. The van der Waals surface area contributed by atoms with E-state index < -0.39 is 165 Å². The molecule has 82 heavy (non-hydrogen) atoms. The average molecular weight is 1170 g/mol. The Morgan fingerprint density at radius 2 is 1.40 bits per heavy atom. The number of carboxylic acids is 1. The Morgan fingerprint density at radius 1 is 0.793 bits per heavy atom. The molecule has 3 heterocycles. The van der Waals surface area contributed by atoms with Crippen LogP contribution < -0.4 is 38.1 Å². The first-order chi connectivity index (χ1) is 38.8. The largest absolute Gasteiger partial charge is 0.508 e. The van der Waals surface area contributed by atoms with Crippen LogP contribution in [0.4, 0.5) is 0 Å². The molecule has 4 rings (SSSR count). The van der Waals surface area contributed by atoms with E-state index in [1.807, 2.05) is 0 Å². The van der Waals surface area contributed by atoms with Crippen LogP contribution in [0.2, 0.25) is 0 Å². The number of aliphatic carboxylic acids is 1. The number of nitrogens with zero attached hydrogens (tertiary/aromatic N) is 3. The molecule has 0 aliphatic carbocycles. The number of phenolic OH excluding ortho intramolecular Hbond substituents is 1. The number of aliphatic hydroxyl groups is 7. The monoisotopic (exact) mass is 1170 g/mol. The molecule has 3 aliphatic rings. The first-order valence-corrected chi connectivity index (χ1v) is 28.5. The second-order valence-electron chi connectivity index (χ2n) is 21.6. The fraction of sp³-hybridized carbons (Fsp3) is 0.741. The van der Waals surface area contributed by atoms with Gasteiger partial charge in [-0.3, -0.25) is 43.3 Å². The van der Waals surface area contributed by atoms with Gasteiger partial charge in [-0.25, -0.2) is 0 Å². The van der Waals surface area contributed by atoms with Crippen LogP contribution in [0, 0.1) is 0 Å². The number of aliphatic hydroxyl groups excluding tert-OH is 7. The van der Waals surface area contributed by atoms with E-state index in [9.17, 15) is 79.6 Å². The number of fused-ring (bicyclic) bond motifs is 2. The Kier molecular flexibility index (Phi) is 31.3. The molecule has 0 aromatic heterocycles. The third kappa shape index (κ3) is 23.3. The molecular formula is C54H92N10O18. The number of unbranched alkanes of at least 4 members (excludes halogenated alkanes) is 8. The zero-order chi connectivity index (χ0) is 61.2. The number of ketones is 1. The molecule has 3 saturated heterocycles. The molecule has 1 aromatic rings. The van der Waals surface area contributed by atoms with Gasteiger partial charge in [0, 0.05) is 65.3 Å². The zero-order valence-electron chi connectivity index (χ0n) is 47.4. The maximum absolute atomic E-state index is 14.5. The van der Waals surface area contributed by atoms with Gasteiger partial charge in [0.2, 0.25) is 35.4 Å². The Balaban J connectivity index is 0.00000426. The van der Waals surface area contributed by atoms with Crippen molar-refractivity contribution in [2.24, 2.45) is 11.5 Å². The van der Waals surface area contributed by atoms with E-state index in [2.05, 4.69) is 33.5 Å². The Labute approximate surface area is 478 Å². The van der Waals surface area contributed by atoms with Crippen LogP contribution in [0.25, 0.3) is 0 Å². The quantitative estimate of drug-likeness (QED) is 0.0419. The number of rotatable bonds is 21. The van der Waals surface area contributed by atoms with Crippen molar-refractivity contribution in [3.8, 4) is 5.75 Å². The summed E-state index contributed by atoms with van der Waals surface area (Å²) in [5, 5.41) is 121. The van der Waals surface area contributed by atoms with Crippen LogP contribution in [-0.2, 0) is 38.4 Å². The summed E-state index contributed by atoms with van der Waals surface area (Å²) < 4.78 is 0. The van der Waals surface area contributed by atoms with Gasteiger partial charge in [-0.15, -0.1) is 0 Å². The maximum Gasteiger partial charge on any atom is 0.300 e. The van der Waals surface area contributed by atoms with Crippen LogP contribution >= 0.6 is 0 Å². The smallest absolute Gasteiger partial charge is 0.300 e. The van der Waals surface area contributed by atoms with Crippen molar-refractivity contribution >= 4 is 47.2 Å². The highest BCUT2D eigenvalue weighted by molar-refractivity contribution is 5.96. The number of amides is 6. The molecule has 0 saturated carbocycles. The zero-order valence-corrected chi connectivity index (χ0v) is 47.4. The van der Waals surface area contributed by atoms with E-state index in [1.165, 1.54) is 35.6 Å². The van der Waals surface area contributed by atoms with Crippen LogP contribution in [0.15, 0.2) is 24.3 Å². The second-order valence-corrected chi connectivity index (χ2v) is 21.6. The molecule has 3 aliphatic heterocycles. The van der Waals surface area contributed by atoms with Crippen molar-refractivity contribution in [1.29, 1.82) is 0 Å². The number of carbonyl (C=O) groups is 8. The summed E-state index contributed by atoms with van der Waals surface area (Å²) in [6.45, 7) is 2.70. The predicted octanol–water partition coefficient (Wildman–Crippen LogP) is -3.53. The Bertz CT molecular complexity index is 2180. The van der Waals surface area contributed by atoms with Crippen molar-refractivity contribution < 1.29 is 89.5 Å². The number of hydrogen-bond acceptors (Lipinski definition) is 21. The van der Waals surface area contributed by atoms with Gasteiger partial charge in [-0.1, -0.05) is 70.4 Å². The minimum absolute atomic E-state index is 0.00322. The number of nitrogens with one attached hydrogen (secondary N) is 5. The molecule has 466 valence electrons. The van der Waals surface area contributed by atoms with Crippen LogP contribution in [0.1, 0.15) is 135 Å². The number of Topliss-reactive ketones (excluding diaryl/α,β-unsaturated/α-hetero) is 1. The van der Waals surface area contributed by atoms with Crippen molar-refractivity contribution in [1.82, 2.24) is 41.4 Å². The van der Waals surface area contributed by atoms with Gasteiger partial charge in [0.1, 0.15) is 53.9 Å². The number of hydrogen-bond donors (Lipinski definition) is 17. The molecule has 3 unspecified atom stereocenters. The van der Waals surface area contributed by atoms with Gasteiger partial charge < -0.3 is 94.1 Å². The van der Waals surface area contributed by atoms with Crippen molar-refractivity contribution in [3.63, 3.8) is 0 Å². The lowest BCUT2D eigenvalue weighted by Crippen LogP contribution is -2.62. The van der Waals surface area contributed by atoms with E-state index in [1.54, 1.807) is 0 Å². The van der Waals surface area contributed by atoms with E-state index >= 15 is 0 Å². The highest BCUT2D eigenvalue weighted by atomic mass is 16.5. The van der Waals surface area contributed by atoms with Crippen LogP contribution in [-0.4, -0.2) is 238 Å². The molecule has 28 heteroatoms. The fourth-order valence-electron chi connectivity index (χ4n) is 10.3. The van der Waals surface area contributed by atoms with E-state index in [4.69, 9.17) is 21.4 Å². The molecule has 0 bridgehead atoms. The third-order valence-electron chi connectivity index (χ3n) is 14.7. The molecular weight excluding hydrogens is 1080 g/mol. The molecule has 6 amide bonds. The average Bonchev–Trinajstić information content (AvgIpc) is 4.06. The fourth-order valence-corrected chi connectivity index (χ4v) is 10.3. The van der Waals surface area contributed by atoms with Crippen LogP contribution in [0.3, 0.4) is 0 Å². The number of phenols is 1. The first-order valence-electron chi connectivity index (χ1n) is 28.5. The van der Waals surface area contributed by atoms with Crippen molar-refractivity contribution in [2.75, 3.05) is 45.8 Å². The second kappa shape index (κ2) is 36.3. The number of carbonyl (C=O) groups excluding carboxylic acids is 7. The molecule has 0 radical (unpaired) electrons. The van der Waals surface area contributed by atoms with Gasteiger partial charge in [0.15, 0.2) is 0 Å². The third-order valence-corrected chi connectivity index (χ3v) is 14.7. The first kappa shape index (κ1) is 70.8. The highest BCUT2D eigenvalue weighted by Crippen LogP contribution is 2.26. The molecule has 28 nitrogen and oxygen atoms in total. The maximum atomic E-state index is 14.5. The Hall–Kier alpha value is -5.50. The number of carboxylic acid groups (broad SMARTS) is 1. The molecule has 1 aromatic carbocycles. The predicted molar refractivity (Wildman–Crippen MR) is 295 cm³/mol. The summed E-state index contributed by atoms with van der Waals surface area (Å²) in [6, 6.07) is -6.30. The minimum atomic E-state index is -2.22. The molecule has 3 fully saturated rings. The van der Waals surface area contributed by atoms with Crippen LogP contribution in [0.5, 0.6) is 5.75 Å². The highest BCUT2D eigenvalue weighted by Gasteiger charge is 2.46. The number of hydroxylamine groups is 2. The van der Waals surface area contributed by atoms with Gasteiger partial charge in [0.05, 0.1) is 49.1 Å². The lowest BCUT2D eigenvalue weighted by atomic mass is 9.96. The van der Waals surface area contributed by atoms with E-state index in [0.29, 0.717) is 6.42 Å². The standard InChI is InChI=1S/C52H88N10O16.C2H4O2/c1-3-4-5-6-7-8-9-10-11-12-42(70)56-38-24-34(65)23-32(62(78)22-20-54)27-55-51(76)45-41(69)18-21-60(45)28-35(66)25-37(40(68)17-19-53)57-50(75)44(47(72)46(71)31-13-15-33(64)16-14-31)59-49(74)39-26-36(67)29-61(39)52(77)43(30(2)63)58-48(38)73;1-2(3)4/h13-16,30,32,34,36-41,43-47,63-65,67-69,71-72,78H,3-12,17-29,53-54H2,1-2H3,(H,55,76)(H,56,70)(H,57,75)(H,58,73)(H,59,74);1H3,(H,3,4)/t30-,32-,34+,36-,37-,38+,39+,40-,41+,43?,44?,45?,46+,47+;/m1./s1. The van der Waals surface area contributed by atoms with E-state index in [0.717, 1.165) is 68.8 Å². The number of aromatic hydroxyl groups is 1. The Morgan fingerprint density at radius 3 is 2.00 bits per heavy atom. The number of nitrogens with two attached hydrogens (primary N) is 2. The van der Waals surface area contributed by atoms with E-state index in [-0.39, 0.29) is 69.7 Å². The summed E-state index contributed by atoms with van der Waals surface area (Å²) in [5.74, 6) is -7.60. The summed E-state index contributed by atoms with van der Waals surface area (Å²) in [6.07, 6.45) is -4.93. The molecule has 19 N–H and O–H groups in total. The SMILES string of the molecule is CC(=O)O.CCCCCCCCCCCC(=O)N[C@H]1C[C@@H](O)C[C@@H](N(O)CCN)CNC(=O)C2[C@@H](O)CCN2CC(=O)C[C@H]([C@H](O)CCN)NC(=O)C([C@H](O)[C@@H](O)c2ccc(O)cc2)NC(=O)[C@@H]2C[C@@H](O)CN2C(=O)C([C@@H](C)O)NC1=O. The summed E-state index contributed by atoms with van der Waals surface area (Å²) in [7, 11) is 0. The van der Waals surface area contributed by atoms with Crippen molar-refractivity contribution in [3.05, 3.63) is 29.8 Å². The summed E-state index contributed by atoms with van der Waals surface area (Å²) >= 11 is 0. The topological polar surface area (TPSA) is 461 Å². The number of benzene rings is 1. The lowest BCUT2D eigenvalue weighted by Gasteiger charge is -2.33. The minimum Gasteiger partial charge on any atom is -0.508 e. The van der Waals surface area contributed by atoms with Gasteiger partial charge in [-0.2, -0.15) is 5.06 Å². The van der Waals surface area contributed by atoms with Crippen molar-refractivity contribution in [2.45, 2.75) is 209 Å².